The molecule has 0 radical (unpaired) electrons. The molecule has 0 saturated carbocycles. The van der Waals surface area contributed by atoms with Crippen molar-refractivity contribution in [3.05, 3.63) is 50.2 Å². The van der Waals surface area contributed by atoms with Crippen LogP contribution in [0.2, 0.25) is 15.1 Å². The summed E-state index contributed by atoms with van der Waals surface area (Å²) in [6.07, 6.45) is 0. The number of aromatic nitrogens is 1. The molecule has 6 heteroatoms. The Kier molecular flexibility index (Phi) is 4.70. The summed E-state index contributed by atoms with van der Waals surface area (Å²) in [5.74, 6) is -0.179. The van der Waals surface area contributed by atoms with Gasteiger partial charge < -0.3 is 4.57 Å². The van der Waals surface area contributed by atoms with Crippen LogP contribution in [0.3, 0.4) is 0 Å². The lowest BCUT2D eigenvalue weighted by Gasteiger charge is -2.13. The standard InChI is InChI=1S/C14H11Cl4NO/c1-7-3-9(14(20)6-15)8(2)19(7)13-5-11(17)10(16)4-12(13)18/h3-5H,6H2,1-2H3. The second kappa shape index (κ2) is 5.98. The van der Waals surface area contributed by atoms with Crippen LogP contribution in [0.4, 0.5) is 0 Å². The van der Waals surface area contributed by atoms with Gasteiger partial charge in [-0.05, 0) is 32.0 Å². The highest BCUT2D eigenvalue weighted by Crippen LogP contribution is 2.33. The summed E-state index contributed by atoms with van der Waals surface area (Å²) < 4.78 is 1.87. The number of ketones is 1. The molecule has 20 heavy (non-hydrogen) atoms. The number of hydrogen-bond acceptors (Lipinski definition) is 1. The molecule has 0 amide bonds. The van der Waals surface area contributed by atoms with Crippen molar-refractivity contribution in [3.8, 4) is 5.69 Å². The van der Waals surface area contributed by atoms with E-state index in [0.717, 1.165) is 11.4 Å². The summed E-state index contributed by atoms with van der Waals surface area (Å²) in [6.45, 7) is 3.72. The van der Waals surface area contributed by atoms with Gasteiger partial charge in [0.25, 0.3) is 0 Å². The van der Waals surface area contributed by atoms with Gasteiger partial charge >= 0.3 is 0 Å². The van der Waals surface area contributed by atoms with E-state index in [0.29, 0.717) is 26.3 Å². The number of hydrogen-bond donors (Lipinski definition) is 0. The number of alkyl halides is 1. The molecule has 1 aromatic carbocycles. The monoisotopic (exact) mass is 349 g/mol. The molecule has 0 aliphatic heterocycles. The molecule has 1 heterocycles. The first-order chi connectivity index (χ1) is 9.36. The highest BCUT2D eigenvalue weighted by molar-refractivity contribution is 6.43. The van der Waals surface area contributed by atoms with Crippen LogP contribution in [-0.4, -0.2) is 16.2 Å². The molecule has 0 fully saturated rings. The van der Waals surface area contributed by atoms with Gasteiger partial charge in [0, 0.05) is 17.0 Å². The van der Waals surface area contributed by atoms with E-state index < -0.39 is 0 Å². The molecule has 2 nitrogen and oxygen atoms in total. The molecular formula is C14H11Cl4NO. The van der Waals surface area contributed by atoms with E-state index in [2.05, 4.69) is 0 Å². The molecule has 0 N–H and O–H groups in total. The molecule has 2 aromatic rings. The minimum Gasteiger partial charge on any atom is -0.316 e. The Hall–Kier alpha value is -0.670. The molecule has 0 aliphatic carbocycles. The van der Waals surface area contributed by atoms with Gasteiger partial charge in [-0.15, -0.1) is 11.6 Å². The number of carbonyl (C=O) groups is 1. The van der Waals surface area contributed by atoms with Gasteiger partial charge in [-0.1, -0.05) is 34.8 Å². The van der Waals surface area contributed by atoms with Crippen LogP contribution in [0, 0.1) is 13.8 Å². The third-order valence-electron chi connectivity index (χ3n) is 3.08. The average Bonchev–Trinajstić information content (AvgIpc) is 2.69. The van der Waals surface area contributed by atoms with Crippen LogP contribution < -0.4 is 0 Å². The molecule has 0 bridgehead atoms. The predicted molar refractivity (Wildman–Crippen MR) is 85.3 cm³/mol. The summed E-state index contributed by atoms with van der Waals surface area (Å²) in [6, 6.07) is 5.06. The Morgan fingerprint density at radius 2 is 1.65 bits per heavy atom. The number of carbonyl (C=O) groups excluding carboxylic acids is 1. The highest BCUT2D eigenvalue weighted by Gasteiger charge is 2.18. The first kappa shape index (κ1) is 15.7. The van der Waals surface area contributed by atoms with E-state index in [-0.39, 0.29) is 11.7 Å². The lowest BCUT2D eigenvalue weighted by molar-refractivity contribution is 0.102. The van der Waals surface area contributed by atoms with Crippen LogP contribution in [0.1, 0.15) is 21.7 Å². The first-order valence-electron chi connectivity index (χ1n) is 5.79. The second-order valence-corrected chi connectivity index (χ2v) is 5.88. The number of halogens is 4. The van der Waals surface area contributed by atoms with Gasteiger partial charge in [-0.3, -0.25) is 4.79 Å². The van der Waals surface area contributed by atoms with Crippen molar-refractivity contribution in [2.45, 2.75) is 13.8 Å². The van der Waals surface area contributed by atoms with E-state index >= 15 is 0 Å². The summed E-state index contributed by atoms with van der Waals surface area (Å²) in [4.78, 5) is 11.8. The third-order valence-corrected chi connectivity index (χ3v) is 4.35. The van der Waals surface area contributed by atoms with Crippen LogP contribution in [-0.2, 0) is 0 Å². The SMILES string of the molecule is Cc1cc(C(=O)CCl)c(C)n1-c1cc(Cl)c(Cl)cc1Cl. The number of rotatable bonds is 3. The van der Waals surface area contributed by atoms with E-state index in [1.807, 2.05) is 18.4 Å². The summed E-state index contributed by atoms with van der Waals surface area (Å²) >= 11 is 23.8. The number of aryl methyl sites for hydroxylation is 1. The highest BCUT2D eigenvalue weighted by atomic mass is 35.5. The van der Waals surface area contributed by atoms with Crippen LogP contribution in [0.15, 0.2) is 18.2 Å². The number of Topliss-reactive ketones (excluding diaryl/α,β-unsaturated/α-hetero) is 1. The van der Waals surface area contributed by atoms with Gasteiger partial charge in [0.15, 0.2) is 5.78 Å². The Bertz CT molecular complexity index is 691. The van der Waals surface area contributed by atoms with Crippen LogP contribution in [0.25, 0.3) is 5.69 Å². The normalized spacial score (nSPS) is 10.9. The quantitative estimate of drug-likeness (QED) is 0.408. The van der Waals surface area contributed by atoms with Gasteiger partial charge in [-0.2, -0.15) is 0 Å². The fourth-order valence-electron chi connectivity index (χ4n) is 2.17. The molecule has 0 aliphatic rings. The molecule has 106 valence electrons. The zero-order chi connectivity index (χ0) is 15.0. The molecule has 1 aromatic heterocycles. The second-order valence-electron chi connectivity index (χ2n) is 4.39. The third kappa shape index (κ3) is 2.71. The predicted octanol–water partition coefficient (Wildman–Crippen LogP) is 5.48. The van der Waals surface area contributed by atoms with Crippen molar-refractivity contribution >= 4 is 52.2 Å². The van der Waals surface area contributed by atoms with Gasteiger partial charge in [0.2, 0.25) is 0 Å². The largest absolute Gasteiger partial charge is 0.316 e. The van der Waals surface area contributed by atoms with Gasteiger partial charge in [0.1, 0.15) is 0 Å². The Balaban J connectivity index is 2.68. The van der Waals surface area contributed by atoms with Crippen LogP contribution in [0.5, 0.6) is 0 Å². The molecule has 0 saturated heterocycles. The van der Waals surface area contributed by atoms with Crippen molar-refractivity contribution in [2.75, 3.05) is 5.88 Å². The zero-order valence-corrected chi connectivity index (χ0v) is 13.8. The molecule has 0 atom stereocenters. The Morgan fingerprint density at radius 1 is 1.05 bits per heavy atom. The smallest absolute Gasteiger partial charge is 0.179 e. The van der Waals surface area contributed by atoms with Crippen molar-refractivity contribution in [2.24, 2.45) is 0 Å². The lowest BCUT2D eigenvalue weighted by Crippen LogP contribution is -2.04. The van der Waals surface area contributed by atoms with E-state index in [1.165, 1.54) is 0 Å². The number of nitrogens with zero attached hydrogens (tertiary/aromatic N) is 1. The maximum atomic E-state index is 11.8. The zero-order valence-electron chi connectivity index (χ0n) is 10.8. The molecule has 0 unspecified atom stereocenters. The van der Waals surface area contributed by atoms with Gasteiger partial charge in [-0.25, -0.2) is 0 Å². The lowest BCUT2D eigenvalue weighted by atomic mass is 10.2. The minimum absolute atomic E-state index is 0.0562. The topological polar surface area (TPSA) is 22.0 Å². The van der Waals surface area contributed by atoms with Crippen molar-refractivity contribution in [1.29, 1.82) is 0 Å². The molecule has 0 spiro atoms. The minimum atomic E-state index is -0.123. The van der Waals surface area contributed by atoms with Gasteiger partial charge in [0.05, 0.1) is 26.6 Å². The van der Waals surface area contributed by atoms with Crippen molar-refractivity contribution < 1.29 is 4.79 Å². The van der Waals surface area contributed by atoms with Crippen molar-refractivity contribution in [3.63, 3.8) is 0 Å². The summed E-state index contributed by atoms with van der Waals surface area (Å²) in [7, 11) is 0. The maximum absolute atomic E-state index is 11.8. The Morgan fingerprint density at radius 3 is 2.25 bits per heavy atom. The average molecular weight is 351 g/mol. The summed E-state index contributed by atoms with van der Waals surface area (Å²) in [5.41, 5.74) is 2.91. The fourth-order valence-corrected chi connectivity index (χ4v) is 2.94. The van der Waals surface area contributed by atoms with E-state index in [4.69, 9.17) is 46.4 Å². The van der Waals surface area contributed by atoms with Crippen molar-refractivity contribution in [1.82, 2.24) is 4.57 Å². The maximum Gasteiger partial charge on any atom is 0.179 e. The van der Waals surface area contributed by atoms with E-state index in [9.17, 15) is 4.79 Å². The number of benzene rings is 1. The Labute approximate surface area is 137 Å². The van der Waals surface area contributed by atoms with Crippen LogP contribution >= 0.6 is 46.4 Å². The fraction of sp³-hybridized carbons (Fsp3) is 0.214. The van der Waals surface area contributed by atoms with E-state index in [1.54, 1.807) is 18.2 Å². The first-order valence-corrected chi connectivity index (χ1v) is 7.46. The molecular weight excluding hydrogens is 340 g/mol. The summed E-state index contributed by atoms with van der Waals surface area (Å²) in [5, 5.41) is 1.26. The molecule has 2 rings (SSSR count).